The summed E-state index contributed by atoms with van der Waals surface area (Å²) in [5.41, 5.74) is 3.80. The van der Waals surface area contributed by atoms with Crippen molar-refractivity contribution in [3.8, 4) is 17.7 Å². The standard InChI is InChI=1S/C24H24N8O3/c1-15-9-17(11-25)26-13-19(15)35-21-10-18(22-23(30-21)31(2)14-28-22)29-20-4-3-16(12-27-20)24(33)32-5-7-34-8-6-32/h3-4,9-10,13-14,27H,5-8,12H2,1-2H3,(H,29,30). The number of ether oxygens (including phenoxy) is 2. The number of nitrogens with one attached hydrogen (secondary N) is 2. The van der Waals surface area contributed by atoms with Gasteiger partial charge >= 0.3 is 0 Å². The van der Waals surface area contributed by atoms with E-state index in [2.05, 4.69) is 25.6 Å². The summed E-state index contributed by atoms with van der Waals surface area (Å²) < 4.78 is 13.1. The molecule has 5 rings (SSSR count). The van der Waals surface area contributed by atoms with Crippen molar-refractivity contribution in [1.82, 2.24) is 29.7 Å². The van der Waals surface area contributed by atoms with Crippen LogP contribution in [0.2, 0.25) is 0 Å². The number of aryl methyl sites for hydroxylation is 2. The number of rotatable bonds is 5. The Bertz CT molecular complexity index is 1400. The molecule has 0 radical (unpaired) electrons. The second-order valence-corrected chi connectivity index (χ2v) is 8.24. The average molecular weight is 473 g/mol. The van der Waals surface area contributed by atoms with Crippen LogP contribution in [0.5, 0.6) is 11.6 Å². The monoisotopic (exact) mass is 472 g/mol. The second kappa shape index (κ2) is 9.44. The van der Waals surface area contributed by atoms with E-state index >= 15 is 0 Å². The molecule has 2 aliphatic rings. The number of fused-ring (bicyclic) bond motifs is 1. The first kappa shape index (κ1) is 22.4. The van der Waals surface area contributed by atoms with Crippen LogP contribution in [-0.2, 0) is 16.6 Å². The smallest absolute Gasteiger partial charge is 0.251 e. The van der Waals surface area contributed by atoms with Crippen molar-refractivity contribution in [3.63, 3.8) is 0 Å². The van der Waals surface area contributed by atoms with Gasteiger partial charge in [0.05, 0.1) is 31.4 Å². The van der Waals surface area contributed by atoms with E-state index in [1.165, 1.54) is 6.20 Å². The van der Waals surface area contributed by atoms with Crippen molar-refractivity contribution in [1.29, 1.82) is 5.26 Å². The third-order valence-electron chi connectivity index (χ3n) is 5.80. The predicted octanol–water partition coefficient (Wildman–Crippen LogP) is 1.98. The van der Waals surface area contributed by atoms with E-state index in [1.807, 2.05) is 37.1 Å². The van der Waals surface area contributed by atoms with Crippen LogP contribution in [0.3, 0.4) is 0 Å². The number of allylic oxidation sites excluding steroid dienone is 2. The van der Waals surface area contributed by atoms with E-state index in [4.69, 9.17) is 14.7 Å². The number of pyridine rings is 2. The van der Waals surface area contributed by atoms with Crippen molar-refractivity contribution in [2.75, 3.05) is 38.2 Å². The molecule has 0 saturated carbocycles. The molecule has 3 aromatic heterocycles. The number of carbonyl (C=O) groups is 1. The zero-order valence-electron chi connectivity index (χ0n) is 19.4. The van der Waals surface area contributed by atoms with Crippen LogP contribution in [0.1, 0.15) is 11.3 Å². The van der Waals surface area contributed by atoms with Gasteiger partial charge in [-0.05, 0) is 30.7 Å². The fraction of sp³-hybridized carbons (Fsp3) is 0.292. The predicted molar refractivity (Wildman–Crippen MR) is 127 cm³/mol. The lowest BCUT2D eigenvalue weighted by Crippen LogP contribution is -2.43. The quantitative estimate of drug-likeness (QED) is 0.572. The van der Waals surface area contributed by atoms with Crippen LogP contribution in [0.15, 0.2) is 48.2 Å². The highest BCUT2D eigenvalue weighted by molar-refractivity contribution is 5.95. The van der Waals surface area contributed by atoms with Crippen molar-refractivity contribution in [2.45, 2.75) is 6.92 Å². The number of nitrogens with zero attached hydrogens (tertiary/aromatic N) is 6. The highest BCUT2D eigenvalue weighted by Crippen LogP contribution is 2.30. The van der Waals surface area contributed by atoms with Gasteiger partial charge in [0.2, 0.25) is 5.88 Å². The molecule has 11 heteroatoms. The summed E-state index contributed by atoms with van der Waals surface area (Å²) in [4.78, 5) is 27.7. The van der Waals surface area contributed by atoms with E-state index < -0.39 is 0 Å². The van der Waals surface area contributed by atoms with Crippen LogP contribution in [0.25, 0.3) is 11.2 Å². The number of aromatic nitrogens is 4. The van der Waals surface area contributed by atoms with Gasteiger partial charge in [-0.1, -0.05) is 0 Å². The van der Waals surface area contributed by atoms with Crippen LogP contribution in [0, 0.1) is 18.3 Å². The Balaban J connectivity index is 1.39. The lowest BCUT2D eigenvalue weighted by Gasteiger charge is -2.29. The zero-order valence-corrected chi connectivity index (χ0v) is 19.4. The van der Waals surface area contributed by atoms with Gasteiger partial charge < -0.3 is 29.6 Å². The second-order valence-electron chi connectivity index (χ2n) is 8.24. The lowest BCUT2D eigenvalue weighted by atomic mass is 10.1. The van der Waals surface area contributed by atoms with Crippen molar-refractivity contribution >= 4 is 22.8 Å². The molecular formula is C24H24N8O3. The summed E-state index contributed by atoms with van der Waals surface area (Å²) in [7, 11) is 1.86. The van der Waals surface area contributed by atoms with Gasteiger partial charge in [0.1, 0.15) is 23.1 Å². The molecule has 5 heterocycles. The molecule has 1 fully saturated rings. The SMILES string of the molecule is Cc1cc(C#N)ncc1Oc1cc(NC2=CC=C(C(=O)N3CCOCC3)CN2)c2ncn(C)c2n1. The lowest BCUT2D eigenvalue weighted by molar-refractivity contribution is -0.131. The highest BCUT2D eigenvalue weighted by Gasteiger charge is 2.22. The molecule has 0 aliphatic carbocycles. The average Bonchev–Trinajstić information content (AvgIpc) is 3.26. The molecule has 11 nitrogen and oxygen atoms in total. The minimum absolute atomic E-state index is 0.0224. The van der Waals surface area contributed by atoms with E-state index in [-0.39, 0.29) is 5.91 Å². The molecule has 0 bridgehead atoms. The van der Waals surface area contributed by atoms with Gasteiger partial charge in [0.15, 0.2) is 11.4 Å². The number of nitriles is 1. The maximum Gasteiger partial charge on any atom is 0.251 e. The van der Waals surface area contributed by atoms with Gasteiger partial charge in [-0.25, -0.2) is 9.97 Å². The summed E-state index contributed by atoms with van der Waals surface area (Å²) in [6.07, 6.45) is 6.86. The first-order valence-corrected chi connectivity index (χ1v) is 11.2. The highest BCUT2D eigenvalue weighted by atomic mass is 16.5. The Kier molecular flexibility index (Phi) is 6.03. The summed E-state index contributed by atoms with van der Waals surface area (Å²) in [5.74, 6) is 1.61. The van der Waals surface area contributed by atoms with E-state index in [0.29, 0.717) is 72.6 Å². The zero-order chi connectivity index (χ0) is 24.4. The maximum atomic E-state index is 12.7. The van der Waals surface area contributed by atoms with Crippen LogP contribution >= 0.6 is 0 Å². The van der Waals surface area contributed by atoms with Gasteiger partial charge in [0.25, 0.3) is 5.91 Å². The maximum absolute atomic E-state index is 12.7. The van der Waals surface area contributed by atoms with E-state index in [9.17, 15) is 4.79 Å². The largest absolute Gasteiger partial charge is 0.437 e. The summed E-state index contributed by atoms with van der Waals surface area (Å²) in [6.45, 7) is 4.61. The number of hydrogen-bond acceptors (Lipinski definition) is 9. The number of imidazole rings is 1. The minimum Gasteiger partial charge on any atom is -0.437 e. The normalized spacial score (nSPS) is 15.6. The number of carbonyl (C=O) groups excluding carboxylic acids is 1. The fourth-order valence-corrected chi connectivity index (χ4v) is 3.89. The van der Waals surface area contributed by atoms with Crippen molar-refractivity contribution < 1.29 is 14.3 Å². The Morgan fingerprint density at radius 3 is 2.80 bits per heavy atom. The minimum atomic E-state index is 0.0224. The fourth-order valence-electron chi connectivity index (χ4n) is 3.89. The molecule has 178 valence electrons. The first-order chi connectivity index (χ1) is 17.0. The van der Waals surface area contributed by atoms with Gasteiger partial charge in [-0.15, -0.1) is 0 Å². The number of morpholine rings is 1. The Morgan fingerprint density at radius 2 is 2.09 bits per heavy atom. The van der Waals surface area contributed by atoms with Gasteiger partial charge in [-0.3, -0.25) is 4.79 Å². The number of amides is 1. The first-order valence-electron chi connectivity index (χ1n) is 11.2. The molecule has 0 atom stereocenters. The van der Waals surface area contributed by atoms with Crippen LogP contribution in [-0.4, -0.2) is 63.2 Å². The molecular weight excluding hydrogens is 448 g/mol. The number of dihydropyridines is 1. The summed E-state index contributed by atoms with van der Waals surface area (Å²) in [6, 6.07) is 5.44. The topological polar surface area (TPSA) is 130 Å². The molecule has 0 unspecified atom stereocenters. The number of anilines is 1. The molecule has 2 aliphatic heterocycles. The number of hydrogen-bond donors (Lipinski definition) is 2. The summed E-state index contributed by atoms with van der Waals surface area (Å²) in [5, 5.41) is 15.7. The molecule has 3 aromatic rings. The van der Waals surface area contributed by atoms with E-state index in [0.717, 1.165) is 11.4 Å². The van der Waals surface area contributed by atoms with Crippen molar-refractivity contribution in [2.24, 2.45) is 7.05 Å². The molecule has 0 spiro atoms. The van der Waals surface area contributed by atoms with Crippen LogP contribution in [0.4, 0.5) is 5.69 Å². The molecule has 35 heavy (non-hydrogen) atoms. The third kappa shape index (κ3) is 4.64. The van der Waals surface area contributed by atoms with Crippen molar-refractivity contribution in [3.05, 3.63) is 59.5 Å². The molecule has 1 saturated heterocycles. The third-order valence-corrected chi connectivity index (χ3v) is 5.80. The Labute approximate surface area is 201 Å². The molecule has 2 N–H and O–H groups in total. The molecule has 1 amide bonds. The Morgan fingerprint density at radius 1 is 1.26 bits per heavy atom. The van der Waals surface area contributed by atoms with E-state index in [1.54, 1.807) is 23.0 Å². The molecule has 0 aromatic carbocycles. The van der Waals surface area contributed by atoms with Crippen LogP contribution < -0.4 is 15.4 Å². The van der Waals surface area contributed by atoms with Gasteiger partial charge in [0, 0.05) is 38.3 Å². The van der Waals surface area contributed by atoms with Gasteiger partial charge in [-0.2, -0.15) is 10.2 Å². The Hall–Kier alpha value is -4.43. The summed E-state index contributed by atoms with van der Waals surface area (Å²) >= 11 is 0.